The SMILES string of the molecule is CCc1ccc(-c2csc(NN=Cc3ccccc3)n2)cc1. The molecule has 0 aliphatic heterocycles. The average Bonchev–Trinajstić information content (AvgIpc) is 3.05. The first-order valence-electron chi connectivity index (χ1n) is 7.24. The molecule has 0 aliphatic rings. The van der Waals surface area contributed by atoms with Crippen LogP contribution in [0.5, 0.6) is 0 Å². The Bertz CT molecular complexity index is 746. The number of nitrogens with one attached hydrogen (secondary N) is 1. The molecule has 0 bridgehead atoms. The predicted octanol–water partition coefficient (Wildman–Crippen LogP) is 4.82. The Hall–Kier alpha value is -2.46. The number of hydrogen-bond donors (Lipinski definition) is 1. The van der Waals surface area contributed by atoms with Crippen molar-refractivity contribution in [1.82, 2.24) is 4.98 Å². The smallest absolute Gasteiger partial charge is 0.203 e. The van der Waals surface area contributed by atoms with E-state index >= 15 is 0 Å². The molecule has 0 unspecified atom stereocenters. The summed E-state index contributed by atoms with van der Waals surface area (Å²) < 4.78 is 0. The molecule has 0 amide bonds. The van der Waals surface area contributed by atoms with Gasteiger partial charge in [0, 0.05) is 10.9 Å². The van der Waals surface area contributed by atoms with Crippen LogP contribution in [0.2, 0.25) is 0 Å². The van der Waals surface area contributed by atoms with E-state index in [9.17, 15) is 0 Å². The molecule has 0 spiro atoms. The van der Waals surface area contributed by atoms with Gasteiger partial charge in [-0.15, -0.1) is 11.3 Å². The van der Waals surface area contributed by atoms with Gasteiger partial charge in [-0.3, -0.25) is 5.43 Å². The van der Waals surface area contributed by atoms with Crippen molar-refractivity contribution in [2.75, 3.05) is 5.43 Å². The van der Waals surface area contributed by atoms with Crippen LogP contribution in [0.25, 0.3) is 11.3 Å². The summed E-state index contributed by atoms with van der Waals surface area (Å²) in [5.41, 5.74) is 7.49. The van der Waals surface area contributed by atoms with Crippen molar-refractivity contribution in [3.63, 3.8) is 0 Å². The van der Waals surface area contributed by atoms with E-state index < -0.39 is 0 Å². The number of hydrogen-bond acceptors (Lipinski definition) is 4. The third-order valence-electron chi connectivity index (χ3n) is 3.34. The fourth-order valence-electron chi connectivity index (χ4n) is 2.07. The van der Waals surface area contributed by atoms with Gasteiger partial charge in [0.1, 0.15) is 0 Å². The zero-order valence-electron chi connectivity index (χ0n) is 12.4. The maximum absolute atomic E-state index is 4.56. The first-order chi connectivity index (χ1) is 10.8. The molecule has 1 N–H and O–H groups in total. The molecule has 1 aromatic heterocycles. The minimum atomic E-state index is 0.793. The molecule has 3 rings (SSSR count). The van der Waals surface area contributed by atoms with Gasteiger partial charge in [-0.05, 0) is 17.5 Å². The lowest BCUT2D eigenvalue weighted by Crippen LogP contribution is -1.90. The van der Waals surface area contributed by atoms with Gasteiger partial charge < -0.3 is 0 Å². The monoisotopic (exact) mass is 307 g/mol. The van der Waals surface area contributed by atoms with Crippen LogP contribution >= 0.6 is 11.3 Å². The first-order valence-corrected chi connectivity index (χ1v) is 8.12. The molecule has 3 aromatic rings. The molecule has 0 atom stereocenters. The summed E-state index contributed by atoms with van der Waals surface area (Å²) >= 11 is 1.55. The van der Waals surface area contributed by atoms with Crippen LogP contribution in [-0.4, -0.2) is 11.2 Å². The second-order valence-corrected chi connectivity index (χ2v) is 5.73. The Balaban J connectivity index is 1.67. The Morgan fingerprint density at radius 2 is 1.86 bits per heavy atom. The highest BCUT2D eigenvalue weighted by Gasteiger charge is 2.03. The highest BCUT2D eigenvalue weighted by atomic mass is 32.1. The second-order valence-electron chi connectivity index (χ2n) is 4.87. The highest BCUT2D eigenvalue weighted by molar-refractivity contribution is 7.14. The number of aryl methyl sites for hydroxylation is 1. The third kappa shape index (κ3) is 3.59. The zero-order chi connectivity index (χ0) is 15.2. The lowest BCUT2D eigenvalue weighted by atomic mass is 10.1. The van der Waals surface area contributed by atoms with Crippen LogP contribution < -0.4 is 5.43 Å². The van der Waals surface area contributed by atoms with Gasteiger partial charge in [-0.1, -0.05) is 61.5 Å². The summed E-state index contributed by atoms with van der Waals surface area (Å²) in [5, 5.41) is 7.06. The fourth-order valence-corrected chi connectivity index (χ4v) is 2.74. The maximum Gasteiger partial charge on any atom is 0.203 e. The molecule has 4 heteroatoms. The minimum absolute atomic E-state index is 0.793. The zero-order valence-corrected chi connectivity index (χ0v) is 13.2. The van der Waals surface area contributed by atoms with Crippen molar-refractivity contribution in [3.8, 4) is 11.3 Å². The van der Waals surface area contributed by atoms with E-state index in [2.05, 4.69) is 46.7 Å². The van der Waals surface area contributed by atoms with Crippen molar-refractivity contribution in [1.29, 1.82) is 0 Å². The van der Waals surface area contributed by atoms with Gasteiger partial charge in [0.05, 0.1) is 11.9 Å². The first kappa shape index (κ1) is 14.5. The van der Waals surface area contributed by atoms with E-state index in [1.807, 2.05) is 35.7 Å². The number of benzene rings is 2. The molecular formula is C18H17N3S. The molecule has 2 aromatic carbocycles. The van der Waals surface area contributed by atoms with E-state index in [1.54, 1.807) is 17.6 Å². The maximum atomic E-state index is 4.56. The van der Waals surface area contributed by atoms with E-state index in [4.69, 9.17) is 0 Å². The normalized spacial score (nSPS) is 11.0. The summed E-state index contributed by atoms with van der Waals surface area (Å²) in [5.74, 6) is 0. The number of rotatable bonds is 5. The summed E-state index contributed by atoms with van der Waals surface area (Å²) in [4.78, 5) is 4.56. The fraction of sp³-hybridized carbons (Fsp3) is 0.111. The number of aromatic nitrogens is 1. The summed E-state index contributed by atoms with van der Waals surface area (Å²) in [6.45, 7) is 2.16. The topological polar surface area (TPSA) is 37.3 Å². The van der Waals surface area contributed by atoms with E-state index in [-0.39, 0.29) is 0 Å². The average molecular weight is 307 g/mol. The number of anilines is 1. The van der Waals surface area contributed by atoms with Crippen molar-refractivity contribution in [2.45, 2.75) is 13.3 Å². The number of hydrazone groups is 1. The van der Waals surface area contributed by atoms with Gasteiger partial charge in [-0.2, -0.15) is 5.10 Å². The van der Waals surface area contributed by atoms with Crippen molar-refractivity contribution < 1.29 is 0 Å². The van der Waals surface area contributed by atoms with Crippen LogP contribution in [0, 0.1) is 0 Å². The largest absolute Gasteiger partial charge is 0.253 e. The van der Waals surface area contributed by atoms with Gasteiger partial charge in [0.15, 0.2) is 0 Å². The molecule has 22 heavy (non-hydrogen) atoms. The summed E-state index contributed by atoms with van der Waals surface area (Å²) in [6.07, 6.45) is 2.84. The van der Waals surface area contributed by atoms with Crippen molar-refractivity contribution in [3.05, 3.63) is 71.1 Å². The molecule has 0 radical (unpaired) electrons. The van der Waals surface area contributed by atoms with Crippen molar-refractivity contribution in [2.24, 2.45) is 5.10 Å². The van der Waals surface area contributed by atoms with Gasteiger partial charge in [-0.25, -0.2) is 4.98 Å². The van der Waals surface area contributed by atoms with Gasteiger partial charge in [0.25, 0.3) is 0 Å². The van der Waals surface area contributed by atoms with E-state index in [1.165, 1.54) is 5.56 Å². The molecule has 3 nitrogen and oxygen atoms in total. The standard InChI is InChI=1S/C18H17N3S/c1-2-14-8-10-16(11-9-14)17-13-22-18(20-17)21-19-12-15-6-4-3-5-7-15/h3-13H,2H2,1H3,(H,20,21). The Morgan fingerprint density at radius 3 is 2.59 bits per heavy atom. The number of nitrogens with zero attached hydrogens (tertiary/aromatic N) is 2. The molecule has 0 aliphatic carbocycles. The van der Waals surface area contributed by atoms with Gasteiger partial charge >= 0.3 is 0 Å². The van der Waals surface area contributed by atoms with Crippen LogP contribution in [0.1, 0.15) is 18.1 Å². The Kier molecular flexibility index (Phi) is 4.61. The molecule has 110 valence electrons. The molecule has 0 saturated carbocycles. The summed E-state index contributed by atoms with van der Waals surface area (Å²) in [7, 11) is 0. The highest BCUT2D eigenvalue weighted by Crippen LogP contribution is 2.25. The number of thiazole rings is 1. The lowest BCUT2D eigenvalue weighted by molar-refractivity contribution is 1.14. The van der Waals surface area contributed by atoms with Crippen LogP contribution in [0.4, 0.5) is 5.13 Å². The minimum Gasteiger partial charge on any atom is -0.253 e. The Morgan fingerprint density at radius 1 is 1.09 bits per heavy atom. The van der Waals surface area contributed by atoms with E-state index in [0.29, 0.717) is 0 Å². The quantitative estimate of drug-likeness (QED) is 0.542. The third-order valence-corrected chi connectivity index (χ3v) is 4.08. The van der Waals surface area contributed by atoms with Gasteiger partial charge in [0.2, 0.25) is 5.13 Å². The van der Waals surface area contributed by atoms with Crippen molar-refractivity contribution >= 4 is 22.7 Å². The predicted molar refractivity (Wildman–Crippen MR) is 94.6 cm³/mol. The molecule has 1 heterocycles. The Labute approximate surface area is 134 Å². The second kappa shape index (κ2) is 7.00. The molecular weight excluding hydrogens is 290 g/mol. The molecule has 0 fully saturated rings. The lowest BCUT2D eigenvalue weighted by Gasteiger charge is -1.99. The van der Waals surface area contributed by atoms with E-state index in [0.717, 1.165) is 28.4 Å². The molecule has 0 saturated heterocycles. The van der Waals surface area contributed by atoms with Crippen LogP contribution in [0.15, 0.2) is 65.1 Å². The van der Waals surface area contributed by atoms with Crippen LogP contribution in [-0.2, 0) is 6.42 Å². The summed E-state index contributed by atoms with van der Waals surface area (Å²) in [6, 6.07) is 18.5. The van der Waals surface area contributed by atoms with Crippen LogP contribution in [0.3, 0.4) is 0 Å².